The molecule has 0 unspecified atom stereocenters. The van der Waals surface area contributed by atoms with Gasteiger partial charge in [0.25, 0.3) is 0 Å². The molecule has 2 N–H and O–H groups in total. The van der Waals surface area contributed by atoms with Crippen LogP contribution in [0.1, 0.15) is 30.5 Å². The Balaban J connectivity index is 1.24. The lowest BCUT2D eigenvalue weighted by Crippen LogP contribution is -2.50. The van der Waals surface area contributed by atoms with Gasteiger partial charge in [0.2, 0.25) is 5.91 Å². The van der Waals surface area contributed by atoms with Crippen molar-refractivity contribution in [3.8, 4) is 10.6 Å². The predicted molar refractivity (Wildman–Crippen MR) is 119 cm³/mol. The Bertz CT molecular complexity index is 1010. The standard InChI is InChI=1S/C24H26N4OS/c29-23(26-12-10-20-16-30-22(28-20)18-7-4-11-25-15-18)24(13-17-5-2-1-3-6-17)14-19-8-9-21(24)27-19/h1-7,11,15-16,19,21,27H,8-10,12-14H2,(H,26,29)/t19-,21+,24+/m0/s1. The number of benzene rings is 1. The number of hydrogen-bond donors (Lipinski definition) is 2. The Morgan fingerprint density at radius 2 is 2.10 bits per heavy atom. The van der Waals surface area contributed by atoms with E-state index in [1.807, 2.05) is 24.4 Å². The van der Waals surface area contributed by atoms with Crippen LogP contribution in [0.5, 0.6) is 0 Å². The van der Waals surface area contributed by atoms with Crippen LogP contribution in [-0.4, -0.2) is 34.5 Å². The summed E-state index contributed by atoms with van der Waals surface area (Å²) in [5, 5.41) is 9.96. The molecule has 2 saturated heterocycles. The highest BCUT2D eigenvalue weighted by molar-refractivity contribution is 7.13. The Kier molecular flexibility index (Phi) is 5.35. The first kappa shape index (κ1) is 19.4. The number of nitrogens with one attached hydrogen (secondary N) is 2. The molecule has 2 bridgehead atoms. The summed E-state index contributed by atoms with van der Waals surface area (Å²) in [6, 6.07) is 15.1. The van der Waals surface area contributed by atoms with Crippen LogP contribution >= 0.6 is 11.3 Å². The third-order valence-electron chi connectivity index (χ3n) is 6.46. The Hall–Kier alpha value is -2.57. The van der Waals surface area contributed by atoms with Crippen LogP contribution in [0.4, 0.5) is 0 Å². The number of carbonyl (C=O) groups excluding carboxylic acids is 1. The molecular formula is C24H26N4OS. The van der Waals surface area contributed by atoms with Crippen LogP contribution in [0.25, 0.3) is 10.6 Å². The molecule has 0 saturated carbocycles. The van der Waals surface area contributed by atoms with Gasteiger partial charge in [-0.2, -0.15) is 0 Å². The molecule has 3 aromatic rings. The van der Waals surface area contributed by atoms with Crippen LogP contribution in [0.15, 0.2) is 60.2 Å². The van der Waals surface area contributed by atoms with Gasteiger partial charge in [-0.3, -0.25) is 9.78 Å². The summed E-state index contributed by atoms with van der Waals surface area (Å²) in [6.07, 6.45) is 8.35. The number of amides is 1. The lowest BCUT2D eigenvalue weighted by molar-refractivity contribution is -0.132. The molecule has 4 heterocycles. The second-order valence-electron chi connectivity index (χ2n) is 8.41. The normalized spacial score (nSPS) is 24.8. The monoisotopic (exact) mass is 418 g/mol. The van der Waals surface area contributed by atoms with Crippen LogP contribution in [0.3, 0.4) is 0 Å². The van der Waals surface area contributed by atoms with Gasteiger partial charge in [0.1, 0.15) is 5.01 Å². The van der Waals surface area contributed by atoms with Gasteiger partial charge in [0, 0.05) is 48.4 Å². The second-order valence-corrected chi connectivity index (χ2v) is 9.27. The number of pyridine rings is 1. The molecule has 5 rings (SSSR count). The highest BCUT2D eigenvalue weighted by Crippen LogP contribution is 2.45. The number of thiazole rings is 1. The molecule has 0 spiro atoms. The molecule has 2 aliphatic rings. The van der Waals surface area contributed by atoms with Crippen LogP contribution in [0.2, 0.25) is 0 Å². The molecule has 6 heteroatoms. The maximum absolute atomic E-state index is 13.4. The molecule has 0 radical (unpaired) electrons. The SMILES string of the molecule is O=C(NCCc1csc(-c2cccnc2)n1)[C@]1(Cc2ccccc2)C[C@@H]2CC[C@H]1N2. The molecular weight excluding hydrogens is 392 g/mol. The zero-order valence-electron chi connectivity index (χ0n) is 16.9. The summed E-state index contributed by atoms with van der Waals surface area (Å²) in [4.78, 5) is 22.3. The van der Waals surface area contributed by atoms with Crippen LogP contribution in [-0.2, 0) is 17.6 Å². The molecule has 30 heavy (non-hydrogen) atoms. The highest BCUT2D eigenvalue weighted by atomic mass is 32.1. The van der Waals surface area contributed by atoms with Gasteiger partial charge in [-0.05, 0) is 43.4 Å². The summed E-state index contributed by atoms with van der Waals surface area (Å²) in [7, 11) is 0. The highest BCUT2D eigenvalue weighted by Gasteiger charge is 2.55. The molecule has 1 aromatic carbocycles. The lowest BCUT2D eigenvalue weighted by atomic mass is 9.69. The van der Waals surface area contributed by atoms with E-state index in [1.165, 1.54) is 12.0 Å². The van der Waals surface area contributed by atoms with Crippen molar-refractivity contribution in [3.63, 3.8) is 0 Å². The van der Waals surface area contributed by atoms with Gasteiger partial charge in [0.15, 0.2) is 0 Å². The molecule has 154 valence electrons. The van der Waals surface area contributed by atoms with Gasteiger partial charge in [-0.25, -0.2) is 4.98 Å². The predicted octanol–water partition coefficient (Wildman–Crippen LogP) is 3.62. The summed E-state index contributed by atoms with van der Waals surface area (Å²) in [5.74, 6) is 0.189. The van der Waals surface area contributed by atoms with Crippen molar-refractivity contribution >= 4 is 17.2 Å². The van der Waals surface area contributed by atoms with E-state index in [-0.39, 0.29) is 17.4 Å². The van der Waals surface area contributed by atoms with Crippen molar-refractivity contribution in [2.75, 3.05) is 6.54 Å². The number of hydrogen-bond acceptors (Lipinski definition) is 5. The first-order valence-electron chi connectivity index (χ1n) is 10.7. The fourth-order valence-corrected chi connectivity index (χ4v) is 5.85. The third-order valence-corrected chi connectivity index (χ3v) is 7.40. The largest absolute Gasteiger partial charge is 0.355 e. The van der Waals surface area contributed by atoms with E-state index in [0.29, 0.717) is 12.6 Å². The number of rotatable bonds is 7. The topological polar surface area (TPSA) is 66.9 Å². The quantitative estimate of drug-likeness (QED) is 0.615. The van der Waals surface area contributed by atoms with E-state index >= 15 is 0 Å². The summed E-state index contributed by atoms with van der Waals surface area (Å²) < 4.78 is 0. The molecule has 2 aromatic heterocycles. The Labute approximate surface area is 181 Å². The Morgan fingerprint density at radius 1 is 1.20 bits per heavy atom. The number of nitrogens with zero attached hydrogens (tertiary/aromatic N) is 2. The third kappa shape index (κ3) is 3.77. The number of carbonyl (C=O) groups is 1. The minimum absolute atomic E-state index is 0.189. The summed E-state index contributed by atoms with van der Waals surface area (Å²) >= 11 is 1.62. The van der Waals surface area contributed by atoms with E-state index in [1.54, 1.807) is 17.5 Å². The van der Waals surface area contributed by atoms with Crippen molar-refractivity contribution in [2.24, 2.45) is 5.41 Å². The summed E-state index contributed by atoms with van der Waals surface area (Å²) in [5.41, 5.74) is 2.95. The summed E-state index contributed by atoms with van der Waals surface area (Å²) in [6.45, 7) is 0.614. The van der Waals surface area contributed by atoms with Crippen molar-refractivity contribution in [1.29, 1.82) is 0 Å². The number of aromatic nitrogens is 2. The van der Waals surface area contributed by atoms with E-state index in [9.17, 15) is 4.79 Å². The van der Waals surface area contributed by atoms with E-state index in [0.717, 1.165) is 41.9 Å². The molecule has 2 fully saturated rings. The zero-order chi connectivity index (χ0) is 20.4. The van der Waals surface area contributed by atoms with Crippen molar-refractivity contribution in [3.05, 3.63) is 71.5 Å². The van der Waals surface area contributed by atoms with Gasteiger partial charge in [-0.1, -0.05) is 30.3 Å². The Morgan fingerprint density at radius 3 is 2.83 bits per heavy atom. The minimum atomic E-state index is -0.340. The molecule has 1 amide bonds. The van der Waals surface area contributed by atoms with Gasteiger partial charge in [0.05, 0.1) is 11.1 Å². The fraction of sp³-hybridized carbons (Fsp3) is 0.375. The molecule has 3 atom stereocenters. The first-order valence-corrected chi connectivity index (χ1v) is 11.5. The van der Waals surface area contributed by atoms with Crippen LogP contribution in [0, 0.1) is 5.41 Å². The van der Waals surface area contributed by atoms with E-state index in [2.05, 4.69) is 45.3 Å². The maximum atomic E-state index is 13.4. The average molecular weight is 419 g/mol. The second kappa shape index (κ2) is 8.28. The molecule has 2 aliphatic heterocycles. The van der Waals surface area contributed by atoms with Crippen molar-refractivity contribution in [2.45, 2.75) is 44.2 Å². The van der Waals surface area contributed by atoms with Gasteiger partial charge in [-0.15, -0.1) is 11.3 Å². The van der Waals surface area contributed by atoms with Crippen molar-refractivity contribution in [1.82, 2.24) is 20.6 Å². The zero-order valence-corrected chi connectivity index (χ0v) is 17.7. The van der Waals surface area contributed by atoms with Gasteiger partial charge < -0.3 is 10.6 Å². The van der Waals surface area contributed by atoms with Crippen molar-refractivity contribution < 1.29 is 4.79 Å². The smallest absolute Gasteiger partial charge is 0.228 e. The fourth-order valence-electron chi connectivity index (χ4n) is 5.01. The number of fused-ring (bicyclic) bond motifs is 2. The van der Waals surface area contributed by atoms with Gasteiger partial charge >= 0.3 is 0 Å². The maximum Gasteiger partial charge on any atom is 0.228 e. The minimum Gasteiger partial charge on any atom is -0.355 e. The molecule has 0 aliphatic carbocycles. The molecule has 5 nitrogen and oxygen atoms in total. The van der Waals surface area contributed by atoms with Crippen LogP contribution < -0.4 is 10.6 Å². The first-order chi connectivity index (χ1) is 14.7. The van der Waals surface area contributed by atoms with E-state index in [4.69, 9.17) is 4.98 Å². The lowest BCUT2D eigenvalue weighted by Gasteiger charge is -2.35. The van der Waals surface area contributed by atoms with E-state index < -0.39 is 0 Å². The average Bonchev–Trinajstić information content (AvgIpc) is 3.52.